The Morgan fingerprint density at radius 2 is 1.77 bits per heavy atom. The zero-order valence-corrected chi connectivity index (χ0v) is 16.0. The third-order valence-corrected chi connectivity index (χ3v) is 5.08. The molecule has 0 bridgehead atoms. The number of hydrogen-bond donors (Lipinski definition) is 1. The van der Waals surface area contributed by atoms with E-state index in [1.807, 2.05) is 4.90 Å². The maximum Gasteiger partial charge on any atom is 0.255 e. The number of halogens is 2. The van der Waals surface area contributed by atoms with Gasteiger partial charge in [0.2, 0.25) is 0 Å². The Balaban J connectivity index is 1.69. The molecule has 1 heterocycles. The highest BCUT2D eigenvalue weighted by atomic mass is 35.5. The number of piperidine rings is 1. The van der Waals surface area contributed by atoms with Gasteiger partial charge in [-0.15, -0.1) is 0 Å². The highest BCUT2D eigenvalue weighted by Crippen LogP contribution is 2.26. The van der Waals surface area contributed by atoms with E-state index in [4.69, 9.17) is 23.2 Å². The summed E-state index contributed by atoms with van der Waals surface area (Å²) in [4.78, 5) is 26.9. The molecule has 136 valence electrons. The molecule has 1 aliphatic rings. The average molecular weight is 391 g/mol. The van der Waals surface area contributed by atoms with Crippen LogP contribution in [0.3, 0.4) is 0 Å². The van der Waals surface area contributed by atoms with Crippen LogP contribution in [0.1, 0.15) is 40.5 Å². The minimum Gasteiger partial charge on any atom is -0.338 e. The van der Waals surface area contributed by atoms with Gasteiger partial charge in [0.1, 0.15) is 0 Å². The first-order valence-corrected chi connectivity index (χ1v) is 9.35. The maximum atomic E-state index is 12.6. The SMILES string of the molecule is CC1CCCN(C(=O)c2ccc(C(=O)Nc3cc(Cl)ccc3Cl)cc2)C1. The highest BCUT2D eigenvalue weighted by Gasteiger charge is 2.22. The number of anilines is 1. The fourth-order valence-electron chi connectivity index (χ4n) is 3.11. The first kappa shape index (κ1) is 18.7. The molecule has 26 heavy (non-hydrogen) atoms. The summed E-state index contributed by atoms with van der Waals surface area (Å²) >= 11 is 12.0. The first-order chi connectivity index (χ1) is 12.4. The van der Waals surface area contributed by atoms with E-state index >= 15 is 0 Å². The van der Waals surface area contributed by atoms with Gasteiger partial charge in [-0.1, -0.05) is 30.1 Å². The van der Waals surface area contributed by atoms with Crippen LogP contribution in [0.5, 0.6) is 0 Å². The lowest BCUT2D eigenvalue weighted by molar-refractivity contribution is 0.0682. The van der Waals surface area contributed by atoms with Gasteiger partial charge in [0, 0.05) is 29.2 Å². The number of carbonyl (C=O) groups excluding carboxylic acids is 2. The van der Waals surface area contributed by atoms with Gasteiger partial charge < -0.3 is 10.2 Å². The molecule has 0 radical (unpaired) electrons. The molecule has 0 aromatic heterocycles. The highest BCUT2D eigenvalue weighted by molar-refractivity contribution is 6.35. The Morgan fingerprint density at radius 1 is 1.08 bits per heavy atom. The molecule has 0 spiro atoms. The third-order valence-electron chi connectivity index (χ3n) is 4.51. The predicted octanol–water partition coefficient (Wildman–Crippen LogP) is 5.12. The van der Waals surface area contributed by atoms with E-state index < -0.39 is 0 Å². The molecule has 1 atom stereocenters. The van der Waals surface area contributed by atoms with Crippen LogP contribution in [-0.2, 0) is 0 Å². The zero-order chi connectivity index (χ0) is 18.7. The van der Waals surface area contributed by atoms with Gasteiger partial charge in [-0.3, -0.25) is 9.59 Å². The molecule has 1 saturated heterocycles. The first-order valence-electron chi connectivity index (χ1n) is 8.60. The van der Waals surface area contributed by atoms with Crippen molar-refractivity contribution >= 4 is 40.7 Å². The molecular weight excluding hydrogens is 371 g/mol. The molecule has 1 unspecified atom stereocenters. The van der Waals surface area contributed by atoms with Gasteiger partial charge in [0.25, 0.3) is 11.8 Å². The molecule has 2 amide bonds. The standard InChI is InChI=1S/C20H20Cl2N2O2/c1-13-3-2-10-24(12-13)20(26)15-6-4-14(5-7-15)19(25)23-18-11-16(21)8-9-17(18)22/h4-9,11,13H,2-3,10,12H2,1H3,(H,23,25). The van der Waals surface area contributed by atoms with Crippen molar-refractivity contribution in [1.82, 2.24) is 4.90 Å². The number of amides is 2. The summed E-state index contributed by atoms with van der Waals surface area (Å²) in [5.41, 5.74) is 1.49. The predicted molar refractivity (Wildman–Crippen MR) is 105 cm³/mol. The number of hydrogen-bond acceptors (Lipinski definition) is 2. The summed E-state index contributed by atoms with van der Waals surface area (Å²) in [7, 11) is 0. The molecule has 0 aliphatic carbocycles. The second-order valence-corrected chi connectivity index (χ2v) is 7.50. The van der Waals surface area contributed by atoms with Crippen LogP contribution in [0.4, 0.5) is 5.69 Å². The quantitative estimate of drug-likeness (QED) is 0.790. The third kappa shape index (κ3) is 4.37. The second kappa shape index (κ2) is 8.11. The summed E-state index contributed by atoms with van der Waals surface area (Å²) in [6.45, 7) is 3.74. The topological polar surface area (TPSA) is 49.4 Å². The van der Waals surface area contributed by atoms with E-state index in [9.17, 15) is 9.59 Å². The minimum atomic E-state index is -0.306. The molecule has 4 nitrogen and oxygen atoms in total. The van der Waals surface area contributed by atoms with Gasteiger partial charge in [0.05, 0.1) is 10.7 Å². The monoisotopic (exact) mass is 390 g/mol. The van der Waals surface area contributed by atoms with Crippen molar-refractivity contribution in [2.24, 2.45) is 5.92 Å². The van der Waals surface area contributed by atoms with E-state index in [0.717, 1.165) is 25.9 Å². The van der Waals surface area contributed by atoms with Crippen molar-refractivity contribution in [3.8, 4) is 0 Å². The molecule has 1 aliphatic heterocycles. The van der Waals surface area contributed by atoms with E-state index in [2.05, 4.69) is 12.2 Å². The van der Waals surface area contributed by atoms with Gasteiger partial charge in [-0.25, -0.2) is 0 Å². The molecule has 2 aromatic rings. The van der Waals surface area contributed by atoms with Crippen LogP contribution in [-0.4, -0.2) is 29.8 Å². The zero-order valence-electron chi connectivity index (χ0n) is 14.5. The number of nitrogens with zero attached hydrogens (tertiary/aromatic N) is 1. The molecule has 0 saturated carbocycles. The van der Waals surface area contributed by atoms with E-state index in [1.54, 1.807) is 42.5 Å². The van der Waals surface area contributed by atoms with Crippen molar-refractivity contribution in [2.75, 3.05) is 18.4 Å². The summed E-state index contributed by atoms with van der Waals surface area (Å²) in [6, 6.07) is 11.6. The lowest BCUT2D eigenvalue weighted by Crippen LogP contribution is -2.39. The largest absolute Gasteiger partial charge is 0.338 e. The molecule has 1 fully saturated rings. The van der Waals surface area contributed by atoms with Crippen molar-refractivity contribution in [2.45, 2.75) is 19.8 Å². The van der Waals surface area contributed by atoms with Crippen molar-refractivity contribution in [3.05, 3.63) is 63.6 Å². The van der Waals surface area contributed by atoms with Crippen LogP contribution >= 0.6 is 23.2 Å². The van der Waals surface area contributed by atoms with Crippen LogP contribution < -0.4 is 5.32 Å². The Labute approximate surface area is 163 Å². The van der Waals surface area contributed by atoms with E-state index in [-0.39, 0.29) is 11.8 Å². The maximum absolute atomic E-state index is 12.6. The summed E-state index contributed by atoms with van der Waals surface area (Å²) in [6.07, 6.45) is 2.20. The number of carbonyl (C=O) groups is 2. The normalized spacial score (nSPS) is 17.0. The van der Waals surface area contributed by atoms with Crippen LogP contribution in [0, 0.1) is 5.92 Å². The summed E-state index contributed by atoms with van der Waals surface area (Å²) < 4.78 is 0. The molecule has 1 N–H and O–H groups in total. The van der Waals surface area contributed by atoms with Gasteiger partial charge in [0.15, 0.2) is 0 Å². The summed E-state index contributed by atoms with van der Waals surface area (Å²) in [5, 5.41) is 3.63. The van der Waals surface area contributed by atoms with Crippen LogP contribution in [0.15, 0.2) is 42.5 Å². The number of likely N-dealkylation sites (tertiary alicyclic amines) is 1. The number of nitrogens with one attached hydrogen (secondary N) is 1. The minimum absolute atomic E-state index is 0.0152. The van der Waals surface area contributed by atoms with Crippen molar-refractivity contribution < 1.29 is 9.59 Å². The Morgan fingerprint density at radius 3 is 2.46 bits per heavy atom. The van der Waals surface area contributed by atoms with Gasteiger partial charge in [-0.05, 0) is 61.2 Å². The molecule has 2 aromatic carbocycles. The van der Waals surface area contributed by atoms with Crippen molar-refractivity contribution in [1.29, 1.82) is 0 Å². The number of rotatable bonds is 3. The van der Waals surface area contributed by atoms with Crippen molar-refractivity contribution in [3.63, 3.8) is 0 Å². The van der Waals surface area contributed by atoms with Gasteiger partial charge in [-0.2, -0.15) is 0 Å². The summed E-state index contributed by atoms with van der Waals surface area (Å²) in [5.74, 6) is 0.237. The lowest BCUT2D eigenvalue weighted by Gasteiger charge is -2.31. The molecule has 3 rings (SSSR count). The Bertz CT molecular complexity index is 821. The number of benzene rings is 2. The molecule has 6 heteroatoms. The molecular formula is C20H20Cl2N2O2. The second-order valence-electron chi connectivity index (χ2n) is 6.65. The van der Waals surface area contributed by atoms with E-state index in [1.165, 1.54) is 0 Å². The Kier molecular flexibility index (Phi) is 5.84. The Hall–Kier alpha value is -2.04. The lowest BCUT2D eigenvalue weighted by atomic mass is 9.99. The fraction of sp³-hybridized carbons (Fsp3) is 0.300. The average Bonchev–Trinajstić information content (AvgIpc) is 2.64. The smallest absolute Gasteiger partial charge is 0.255 e. The van der Waals surface area contributed by atoms with Crippen LogP contribution in [0.25, 0.3) is 0 Å². The fourth-order valence-corrected chi connectivity index (χ4v) is 3.45. The van der Waals surface area contributed by atoms with Gasteiger partial charge >= 0.3 is 0 Å². The van der Waals surface area contributed by atoms with E-state index in [0.29, 0.717) is 32.8 Å². The van der Waals surface area contributed by atoms with Crippen LogP contribution in [0.2, 0.25) is 10.0 Å².